The van der Waals surface area contributed by atoms with Gasteiger partial charge in [0.1, 0.15) is 0 Å². The largest absolute Gasteiger partial charge is 0.478 e. The van der Waals surface area contributed by atoms with Crippen molar-refractivity contribution in [3.63, 3.8) is 0 Å². The molecule has 0 fully saturated rings. The summed E-state index contributed by atoms with van der Waals surface area (Å²) in [7, 11) is 0. The van der Waals surface area contributed by atoms with E-state index in [0.29, 0.717) is 12.5 Å². The van der Waals surface area contributed by atoms with E-state index in [-0.39, 0.29) is 6.61 Å². The zero-order valence-electron chi connectivity index (χ0n) is 8.57. The number of carboxylic acid groups (broad SMARTS) is 1. The number of rotatable bonds is 8. The monoisotopic (exact) mass is 201 g/mol. The Morgan fingerprint density at radius 3 is 2.79 bits per heavy atom. The molecule has 0 bridgehead atoms. The summed E-state index contributed by atoms with van der Waals surface area (Å²) in [6.45, 7) is 3.68. The Labute approximate surface area is 84.6 Å². The summed E-state index contributed by atoms with van der Waals surface area (Å²) in [5.74, 6) is -0.451. The lowest BCUT2D eigenvalue weighted by Crippen LogP contribution is -2.23. The summed E-state index contributed by atoms with van der Waals surface area (Å²) < 4.78 is 0. The van der Waals surface area contributed by atoms with Crippen LogP contribution in [0.4, 0.5) is 0 Å². The number of carbonyl (C=O) groups is 1. The minimum absolute atomic E-state index is 0.213. The SMILES string of the molecule is CCC(CCO)CNC/C=C/C(=O)O. The minimum atomic E-state index is -0.922. The molecule has 0 spiro atoms. The van der Waals surface area contributed by atoms with E-state index in [4.69, 9.17) is 10.2 Å². The van der Waals surface area contributed by atoms with Crippen molar-refractivity contribution in [2.75, 3.05) is 19.7 Å². The lowest BCUT2D eigenvalue weighted by molar-refractivity contribution is -0.131. The summed E-state index contributed by atoms with van der Waals surface area (Å²) in [5, 5.41) is 20.1. The third kappa shape index (κ3) is 7.76. The van der Waals surface area contributed by atoms with E-state index in [9.17, 15) is 4.79 Å². The highest BCUT2D eigenvalue weighted by Gasteiger charge is 2.03. The Balaban J connectivity index is 3.46. The second-order valence-electron chi connectivity index (χ2n) is 3.19. The van der Waals surface area contributed by atoms with E-state index < -0.39 is 5.97 Å². The molecular weight excluding hydrogens is 182 g/mol. The maximum atomic E-state index is 10.1. The number of hydrogen-bond acceptors (Lipinski definition) is 3. The topological polar surface area (TPSA) is 69.6 Å². The molecule has 14 heavy (non-hydrogen) atoms. The Hall–Kier alpha value is -0.870. The molecule has 4 nitrogen and oxygen atoms in total. The maximum absolute atomic E-state index is 10.1. The van der Waals surface area contributed by atoms with Crippen molar-refractivity contribution < 1.29 is 15.0 Å². The molecule has 4 heteroatoms. The molecule has 0 aliphatic carbocycles. The van der Waals surface area contributed by atoms with Gasteiger partial charge < -0.3 is 15.5 Å². The van der Waals surface area contributed by atoms with Crippen LogP contribution in [-0.4, -0.2) is 35.9 Å². The van der Waals surface area contributed by atoms with Gasteiger partial charge in [0.05, 0.1) is 0 Å². The predicted molar refractivity (Wildman–Crippen MR) is 55.1 cm³/mol. The molecule has 3 N–H and O–H groups in total. The van der Waals surface area contributed by atoms with E-state index in [0.717, 1.165) is 25.5 Å². The van der Waals surface area contributed by atoms with Crippen molar-refractivity contribution >= 4 is 5.97 Å². The number of aliphatic hydroxyl groups excluding tert-OH is 1. The molecule has 0 aromatic rings. The quantitative estimate of drug-likeness (QED) is 0.398. The maximum Gasteiger partial charge on any atom is 0.328 e. The smallest absolute Gasteiger partial charge is 0.328 e. The van der Waals surface area contributed by atoms with Crippen LogP contribution in [0.3, 0.4) is 0 Å². The lowest BCUT2D eigenvalue weighted by Gasteiger charge is -2.12. The molecule has 0 aliphatic rings. The van der Waals surface area contributed by atoms with E-state index in [1.807, 2.05) is 0 Å². The fraction of sp³-hybridized carbons (Fsp3) is 0.700. The number of aliphatic carboxylic acids is 1. The van der Waals surface area contributed by atoms with Gasteiger partial charge in [-0.05, 0) is 18.9 Å². The first-order valence-electron chi connectivity index (χ1n) is 4.91. The van der Waals surface area contributed by atoms with Crippen LogP contribution in [0.15, 0.2) is 12.2 Å². The number of nitrogens with one attached hydrogen (secondary N) is 1. The number of carboxylic acids is 1. The van der Waals surface area contributed by atoms with Crippen molar-refractivity contribution in [3.05, 3.63) is 12.2 Å². The van der Waals surface area contributed by atoms with E-state index >= 15 is 0 Å². The fourth-order valence-electron chi connectivity index (χ4n) is 1.16. The number of aliphatic hydroxyl groups is 1. The van der Waals surface area contributed by atoms with Gasteiger partial charge in [0.15, 0.2) is 0 Å². The second kappa shape index (κ2) is 8.72. The van der Waals surface area contributed by atoms with Gasteiger partial charge in [-0.1, -0.05) is 19.4 Å². The molecule has 1 unspecified atom stereocenters. The first-order valence-corrected chi connectivity index (χ1v) is 4.91. The average Bonchev–Trinajstić information content (AvgIpc) is 2.15. The summed E-state index contributed by atoms with van der Waals surface area (Å²) >= 11 is 0. The fourth-order valence-corrected chi connectivity index (χ4v) is 1.16. The first kappa shape index (κ1) is 13.1. The average molecular weight is 201 g/mol. The third-order valence-corrected chi connectivity index (χ3v) is 2.07. The molecule has 0 saturated heterocycles. The van der Waals surface area contributed by atoms with Gasteiger partial charge in [-0.25, -0.2) is 4.79 Å². The van der Waals surface area contributed by atoms with Crippen LogP contribution in [0.1, 0.15) is 19.8 Å². The molecule has 0 aliphatic heterocycles. The lowest BCUT2D eigenvalue weighted by atomic mass is 10.0. The Bertz CT molecular complexity index is 180. The Kier molecular flexibility index (Phi) is 8.17. The zero-order chi connectivity index (χ0) is 10.8. The van der Waals surface area contributed by atoms with Crippen molar-refractivity contribution in [1.29, 1.82) is 0 Å². The highest BCUT2D eigenvalue weighted by atomic mass is 16.4. The van der Waals surface area contributed by atoms with E-state index in [1.54, 1.807) is 6.08 Å². The second-order valence-corrected chi connectivity index (χ2v) is 3.19. The summed E-state index contributed by atoms with van der Waals surface area (Å²) in [6.07, 6.45) is 4.52. The van der Waals surface area contributed by atoms with Crippen molar-refractivity contribution in [3.8, 4) is 0 Å². The van der Waals surface area contributed by atoms with Crippen LogP contribution >= 0.6 is 0 Å². The molecule has 0 aromatic heterocycles. The normalized spacial score (nSPS) is 13.3. The van der Waals surface area contributed by atoms with Gasteiger partial charge >= 0.3 is 5.97 Å². The highest BCUT2D eigenvalue weighted by molar-refractivity contribution is 5.79. The van der Waals surface area contributed by atoms with Gasteiger partial charge in [0, 0.05) is 19.2 Å². The van der Waals surface area contributed by atoms with Gasteiger partial charge in [0.2, 0.25) is 0 Å². The summed E-state index contributed by atoms with van der Waals surface area (Å²) in [4.78, 5) is 10.1. The van der Waals surface area contributed by atoms with Crippen LogP contribution < -0.4 is 5.32 Å². The Morgan fingerprint density at radius 1 is 1.57 bits per heavy atom. The number of hydrogen-bond donors (Lipinski definition) is 3. The first-order chi connectivity index (χ1) is 6.70. The molecule has 0 rings (SSSR count). The van der Waals surface area contributed by atoms with Gasteiger partial charge in [-0.2, -0.15) is 0 Å². The highest BCUT2D eigenvalue weighted by Crippen LogP contribution is 2.04. The molecular formula is C10H19NO3. The molecule has 0 saturated carbocycles. The predicted octanol–water partition coefficient (Wildman–Crippen LogP) is 0.625. The van der Waals surface area contributed by atoms with Crippen molar-refractivity contribution in [1.82, 2.24) is 5.32 Å². The van der Waals surface area contributed by atoms with Gasteiger partial charge in [-0.15, -0.1) is 0 Å². The standard InChI is InChI=1S/C10H19NO3/c1-2-9(5-7-12)8-11-6-3-4-10(13)14/h3-4,9,11-12H,2,5-8H2,1H3,(H,13,14)/b4-3+. The minimum Gasteiger partial charge on any atom is -0.478 e. The molecule has 1 atom stereocenters. The summed E-state index contributed by atoms with van der Waals surface area (Å²) in [5.41, 5.74) is 0. The molecule has 0 amide bonds. The Morgan fingerprint density at radius 2 is 2.29 bits per heavy atom. The van der Waals surface area contributed by atoms with Gasteiger partial charge in [0.25, 0.3) is 0 Å². The zero-order valence-corrected chi connectivity index (χ0v) is 8.57. The summed E-state index contributed by atoms with van der Waals surface area (Å²) in [6, 6.07) is 0. The molecule has 0 heterocycles. The van der Waals surface area contributed by atoms with Crippen LogP contribution in [0.5, 0.6) is 0 Å². The van der Waals surface area contributed by atoms with Gasteiger partial charge in [-0.3, -0.25) is 0 Å². The molecule has 0 radical (unpaired) electrons. The van der Waals surface area contributed by atoms with Crippen molar-refractivity contribution in [2.45, 2.75) is 19.8 Å². The van der Waals surface area contributed by atoms with Crippen LogP contribution in [0.2, 0.25) is 0 Å². The molecule has 82 valence electrons. The molecule has 0 aromatic carbocycles. The van der Waals surface area contributed by atoms with Crippen LogP contribution in [0.25, 0.3) is 0 Å². The van der Waals surface area contributed by atoms with Crippen LogP contribution in [-0.2, 0) is 4.79 Å². The van der Waals surface area contributed by atoms with E-state index in [1.165, 1.54) is 0 Å². The third-order valence-electron chi connectivity index (χ3n) is 2.07. The van der Waals surface area contributed by atoms with Crippen molar-refractivity contribution in [2.24, 2.45) is 5.92 Å². The van der Waals surface area contributed by atoms with E-state index in [2.05, 4.69) is 12.2 Å². The van der Waals surface area contributed by atoms with Crippen LogP contribution in [0, 0.1) is 5.92 Å².